The monoisotopic (exact) mass is 281 g/mol. The Kier molecular flexibility index (Phi) is 5.41. The van der Waals surface area contributed by atoms with Crippen molar-refractivity contribution in [3.05, 3.63) is 0 Å². The maximum Gasteiger partial charge on any atom is 0.315 e. The first kappa shape index (κ1) is 14.5. The minimum absolute atomic E-state index is 0.00199. The van der Waals surface area contributed by atoms with Gasteiger partial charge in [-0.1, -0.05) is 6.92 Å². The van der Waals surface area contributed by atoms with E-state index in [1.807, 2.05) is 11.8 Å². The zero-order valence-corrected chi connectivity index (χ0v) is 12.6. The van der Waals surface area contributed by atoms with E-state index in [9.17, 15) is 4.79 Å². The molecule has 0 aromatic heterocycles. The number of fused-ring (bicyclic) bond motifs is 1. The highest BCUT2D eigenvalue weighted by molar-refractivity contribution is 8.00. The highest BCUT2D eigenvalue weighted by atomic mass is 32.2. The van der Waals surface area contributed by atoms with Gasteiger partial charge in [-0.05, 0) is 20.0 Å². The zero-order valence-electron chi connectivity index (χ0n) is 11.7. The highest BCUT2D eigenvalue weighted by Crippen LogP contribution is 2.28. The van der Waals surface area contributed by atoms with Crippen molar-refractivity contribution in [3.8, 4) is 11.8 Å². The van der Waals surface area contributed by atoms with E-state index in [0.717, 1.165) is 25.1 Å². The van der Waals surface area contributed by atoms with Gasteiger partial charge in [-0.3, -0.25) is 0 Å². The molecule has 3 aliphatic rings. The largest absolute Gasteiger partial charge is 0.332 e. The summed E-state index contributed by atoms with van der Waals surface area (Å²) in [6, 6.07) is 0.757. The van der Waals surface area contributed by atoms with Gasteiger partial charge in [0.25, 0.3) is 0 Å². The Labute approximate surface area is 120 Å². The molecule has 3 rings (SSSR count). The van der Waals surface area contributed by atoms with E-state index in [4.69, 9.17) is 0 Å². The molecule has 0 bridgehead atoms. The van der Waals surface area contributed by atoms with Crippen molar-refractivity contribution in [1.82, 2.24) is 15.5 Å². The van der Waals surface area contributed by atoms with Crippen molar-refractivity contribution < 1.29 is 4.79 Å². The third-order valence-corrected chi connectivity index (χ3v) is 5.05. The van der Waals surface area contributed by atoms with Crippen molar-refractivity contribution in [1.29, 1.82) is 0 Å². The van der Waals surface area contributed by atoms with Gasteiger partial charge in [0, 0.05) is 30.4 Å². The number of carbonyl (C=O) groups is 1. The van der Waals surface area contributed by atoms with Crippen LogP contribution in [-0.2, 0) is 0 Å². The van der Waals surface area contributed by atoms with E-state index in [2.05, 4.69) is 41.3 Å². The summed E-state index contributed by atoms with van der Waals surface area (Å²) >= 11 is 1.91. The quantitative estimate of drug-likeness (QED) is 0.519. The van der Waals surface area contributed by atoms with Crippen LogP contribution in [0.4, 0.5) is 4.79 Å². The molecule has 3 aliphatic heterocycles. The maximum atomic E-state index is 10.8. The van der Waals surface area contributed by atoms with Crippen molar-refractivity contribution in [3.63, 3.8) is 0 Å². The zero-order chi connectivity index (χ0) is 13.7. The Morgan fingerprint density at radius 2 is 2.05 bits per heavy atom. The lowest BCUT2D eigenvalue weighted by molar-refractivity contribution is 0.247. The average Bonchev–Trinajstić information content (AvgIpc) is 2.87. The van der Waals surface area contributed by atoms with Gasteiger partial charge in [-0.15, -0.1) is 11.8 Å². The second-order valence-corrected chi connectivity index (χ2v) is 6.71. The number of hydrogen-bond donors (Lipinski definition) is 2. The van der Waals surface area contributed by atoms with E-state index < -0.39 is 0 Å². The molecule has 2 saturated heterocycles. The molecule has 3 heterocycles. The Balaban J connectivity index is 0.000000141. The van der Waals surface area contributed by atoms with Gasteiger partial charge < -0.3 is 15.5 Å². The smallest absolute Gasteiger partial charge is 0.315 e. The standard InChI is InChI=1S/C8H13N.C6H10N2OS/c1-9-7-5-3-2-4-6-8-9;1-3-5-4(2-10-3)7-6(9)8-5/h3,5-8H2,1H3;3-5H,2H2,1H3,(H2,7,8,9). The number of nitrogens with zero attached hydrogens (tertiary/aromatic N) is 1. The van der Waals surface area contributed by atoms with Crippen LogP contribution < -0.4 is 10.6 Å². The molecular weight excluding hydrogens is 258 g/mol. The highest BCUT2D eigenvalue weighted by Gasteiger charge is 2.40. The summed E-state index contributed by atoms with van der Waals surface area (Å²) in [5.74, 6) is 7.32. The summed E-state index contributed by atoms with van der Waals surface area (Å²) in [6.07, 6.45) is 3.38. The van der Waals surface area contributed by atoms with Crippen LogP contribution in [0.3, 0.4) is 0 Å². The number of rotatable bonds is 0. The SMILES string of the molecule is CC1SCC2NC(=O)NC21.CN1CCC#CCCC1. The first-order valence-electron chi connectivity index (χ1n) is 6.99. The molecule has 0 spiro atoms. The molecule has 106 valence electrons. The van der Waals surface area contributed by atoms with E-state index in [1.54, 1.807) is 0 Å². The second kappa shape index (κ2) is 7.06. The second-order valence-electron chi connectivity index (χ2n) is 5.30. The van der Waals surface area contributed by atoms with E-state index >= 15 is 0 Å². The third kappa shape index (κ3) is 4.32. The molecule has 2 fully saturated rings. The van der Waals surface area contributed by atoms with E-state index in [-0.39, 0.29) is 6.03 Å². The number of carbonyl (C=O) groups excluding carboxylic acids is 1. The predicted molar refractivity (Wildman–Crippen MR) is 80.3 cm³/mol. The number of amides is 2. The van der Waals surface area contributed by atoms with Crippen LogP contribution in [0.25, 0.3) is 0 Å². The van der Waals surface area contributed by atoms with Crippen LogP contribution in [0.15, 0.2) is 0 Å². The molecule has 4 nitrogen and oxygen atoms in total. The van der Waals surface area contributed by atoms with E-state index in [0.29, 0.717) is 17.3 Å². The first-order valence-corrected chi connectivity index (χ1v) is 8.04. The van der Waals surface area contributed by atoms with Crippen molar-refractivity contribution in [2.75, 3.05) is 25.9 Å². The van der Waals surface area contributed by atoms with Gasteiger partial charge in [-0.25, -0.2) is 4.79 Å². The fraction of sp³-hybridized carbons (Fsp3) is 0.786. The summed E-state index contributed by atoms with van der Waals surface area (Å²) in [5.41, 5.74) is 0. The van der Waals surface area contributed by atoms with Gasteiger partial charge in [0.1, 0.15) is 0 Å². The van der Waals surface area contributed by atoms with Crippen molar-refractivity contribution >= 4 is 17.8 Å². The molecule has 3 unspecified atom stereocenters. The van der Waals surface area contributed by atoms with Gasteiger partial charge in [-0.2, -0.15) is 11.8 Å². The molecule has 0 saturated carbocycles. The molecule has 0 radical (unpaired) electrons. The summed E-state index contributed by atoms with van der Waals surface area (Å²) < 4.78 is 0. The number of urea groups is 1. The van der Waals surface area contributed by atoms with Crippen LogP contribution in [0.5, 0.6) is 0 Å². The minimum atomic E-state index is 0.00199. The normalized spacial score (nSPS) is 33.6. The van der Waals surface area contributed by atoms with Crippen LogP contribution in [-0.4, -0.2) is 54.2 Å². The molecule has 3 atom stereocenters. The van der Waals surface area contributed by atoms with Gasteiger partial charge in [0.15, 0.2) is 0 Å². The maximum absolute atomic E-state index is 10.8. The Morgan fingerprint density at radius 3 is 2.84 bits per heavy atom. The predicted octanol–water partition coefficient (Wildman–Crippen LogP) is 1.28. The lowest BCUT2D eigenvalue weighted by Gasteiger charge is -2.14. The van der Waals surface area contributed by atoms with Gasteiger partial charge >= 0.3 is 6.03 Å². The molecule has 0 aromatic carbocycles. The third-order valence-electron chi connectivity index (χ3n) is 3.68. The molecule has 0 aliphatic carbocycles. The summed E-state index contributed by atoms with van der Waals surface area (Å²) in [6.45, 7) is 4.52. The van der Waals surface area contributed by atoms with Gasteiger partial charge in [0.2, 0.25) is 0 Å². The van der Waals surface area contributed by atoms with Crippen LogP contribution in [0.1, 0.15) is 26.2 Å². The van der Waals surface area contributed by atoms with Crippen LogP contribution >= 0.6 is 11.8 Å². The van der Waals surface area contributed by atoms with E-state index in [1.165, 1.54) is 13.0 Å². The Hall–Kier alpha value is -0.860. The molecule has 2 amide bonds. The minimum Gasteiger partial charge on any atom is -0.332 e. The molecule has 0 aromatic rings. The Bertz CT molecular complexity index is 377. The molecule has 2 N–H and O–H groups in total. The van der Waals surface area contributed by atoms with Crippen LogP contribution in [0.2, 0.25) is 0 Å². The van der Waals surface area contributed by atoms with Crippen LogP contribution in [0, 0.1) is 11.8 Å². The fourth-order valence-corrected chi connectivity index (χ4v) is 3.74. The average molecular weight is 281 g/mol. The van der Waals surface area contributed by atoms with Crippen molar-refractivity contribution in [2.24, 2.45) is 0 Å². The molecular formula is C14H23N3OS. The van der Waals surface area contributed by atoms with Crippen molar-refractivity contribution in [2.45, 2.75) is 43.5 Å². The lowest BCUT2D eigenvalue weighted by atomic mass is 10.1. The summed E-state index contributed by atoms with van der Waals surface area (Å²) in [5, 5.41) is 6.34. The number of hydrogen-bond acceptors (Lipinski definition) is 3. The summed E-state index contributed by atoms with van der Waals surface area (Å²) in [4.78, 5) is 13.1. The molecule has 19 heavy (non-hydrogen) atoms. The number of thioether (sulfide) groups is 1. The topological polar surface area (TPSA) is 44.4 Å². The summed E-state index contributed by atoms with van der Waals surface area (Å²) in [7, 11) is 2.16. The van der Waals surface area contributed by atoms with Gasteiger partial charge in [0.05, 0.1) is 12.1 Å². The molecule has 5 heteroatoms. The fourth-order valence-electron chi connectivity index (χ4n) is 2.47. The Morgan fingerprint density at radius 1 is 1.26 bits per heavy atom. The first-order chi connectivity index (χ1) is 9.16. The lowest BCUT2D eigenvalue weighted by Crippen LogP contribution is -2.35. The number of nitrogens with one attached hydrogen (secondary N) is 2.